The first-order valence-electron chi connectivity index (χ1n) is 5.69. The molecule has 8 heteroatoms. The van der Waals surface area contributed by atoms with Crippen LogP contribution in [0, 0.1) is 6.92 Å². The van der Waals surface area contributed by atoms with Crippen molar-refractivity contribution in [2.24, 2.45) is 5.73 Å². The van der Waals surface area contributed by atoms with E-state index in [-0.39, 0.29) is 15.7 Å². The van der Waals surface area contributed by atoms with Gasteiger partial charge in [-0.2, -0.15) is 0 Å². The Morgan fingerprint density at radius 2 is 2.25 bits per heavy atom. The fraction of sp³-hybridized carbons (Fsp3) is 0.167. The number of benzene rings is 1. The molecular formula is C12H13N3O2S3. The van der Waals surface area contributed by atoms with Gasteiger partial charge in [-0.05, 0) is 18.6 Å². The van der Waals surface area contributed by atoms with E-state index < -0.39 is 10.0 Å². The minimum absolute atomic E-state index is 0.176. The summed E-state index contributed by atoms with van der Waals surface area (Å²) in [6, 6.07) is 7.15. The van der Waals surface area contributed by atoms with Crippen LogP contribution in [0.2, 0.25) is 0 Å². The van der Waals surface area contributed by atoms with Crippen molar-refractivity contribution < 1.29 is 8.42 Å². The lowest BCUT2D eigenvalue weighted by Crippen LogP contribution is -2.22. The van der Waals surface area contributed by atoms with Gasteiger partial charge in [0.05, 0.1) is 11.2 Å². The van der Waals surface area contributed by atoms with Gasteiger partial charge in [0.2, 0.25) is 0 Å². The van der Waals surface area contributed by atoms with Crippen LogP contribution in [0.15, 0.2) is 34.7 Å². The summed E-state index contributed by atoms with van der Waals surface area (Å²) in [5.41, 5.74) is 7.05. The number of rotatable bonds is 5. The molecular weight excluding hydrogens is 314 g/mol. The summed E-state index contributed by atoms with van der Waals surface area (Å²) in [6.45, 7) is 1.94. The molecule has 3 N–H and O–H groups in total. The summed E-state index contributed by atoms with van der Waals surface area (Å²) < 4.78 is 26.8. The minimum Gasteiger partial charge on any atom is -0.389 e. The fourth-order valence-electron chi connectivity index (χ4n) is 1.55. The Morgan fingerprint density at radius 3 is 2.85 bits per heavy atom. The van der Waals surface area contributed by atoms with E-state index in [0.29, 0.717) is 10.6 Å². The molecule has 106 valence electrons. The van der Waals surface area contributed by atoms with Crippen LogP contribution in [0.1, 0.15) is 16.1 Å². The number of aryl methyl sites for hydroxylation is 1. The summed E-state index contributed by atoms with van der Waals surface area (Å²) in [6.07, 6.45) is 1.35. The van der Waals surface area contributed by atoms with Gasteiger partial charge < -0.3 is 5.73 Å². The Balaban J connectivity index is 2.12. The van der Waals surface area contributed by atoms with Crippen LogP contribution in [0.5, 0.6) is 0 Å². The molecule has 0 spiro atoms. The summed E-state index contributed by atoms with van der Waals surface area (Å²) in [5.74, 6) is 0. The second-order valence-corrected chi connectivity index (χ2v) is 7.76. The number of thiazole rings is 1. The molecule has 0 atom stereocenters. The molecule has 0 unspecified atom stereocenters. The molecule has 2 aromatic rings. The molecule has 0 saturated carbocycles. The fourth-order valence-corrected chi connectivity index (χ4v) is 3.85. The monoisotopic (exact) mass is 327 g/mol. The molecule has 1 aromatic heterocycles. The van der Waals surface area contributed by atoms with Gasteiger partial charge in [0.15, 0.2) is 4.21 Å². The summed E-state index contributed by atoms with van der Waals surface area (Å²) >= 11 is 6.03. The van der Waals surface area contributed by atoms with E-state index in [1.165, 1.54) is 6.20 Å². The molecule has 0 aliphatic rings. The first-order valence-corrected chi connectivity index (χ1v) is 8.40. The van der Waals surface area contributed by atoms with E-state index in [1.54, 1.807) is 25.1 Å². The Hall–Kier alpha value is -1.35. The first-order chi connectivity index (χ1) is 9.38. The molecule has 0 saturated heterocycles. The van der Waals surface area contributed by atoms with Gasteiger partial charge in [-0.25, -0.2) is 18.1 Å². The van der Waals surface area contributed by atoms with Crippen LogP contribution < -0.4 is 10.5 Å². The summed E-state index contributed by atoms with van der Waals surface area (Å²) in [4.78, 5) is 4.23. The molecule has 0 amide bonds. The van der Waals surface area contributed by atoms with Gasteiger partial charge in [0.1, 0.15) is 4.99 Å². The minimum atomic E-state index is -3.53. The molecule has 2 rings (SSSR count). The topological polar surface area (TPSA) is 85.1 Å². The molecule has 0 aliphatic carbocycles. The Morgan fingerprint density at radius 1 is 1.50 bits per heavy atom. The van der Waals surface area contributed by atoms with E-state index in [0.717, 1.165) is 16.9 Å². The lowest BCUT2D eigenvalue weighted by Gasteiger charge is -2.06. The quantitative estimate of drug-likeness (QED) is 0.814. The standard InChI is InChI=1S/C12H13N3O2S3/c1-8-14-7-11(19-8)20(16,17)15-6-9-3-2-4-10(5-9)12(13)18/h2-5,7,15H,6H2,1H3,(H2,13,18). The van der Waals surface area contributed by atoms with Crippen LogP contribution in [0.3, 0.4) is 0 Å². The lowest BCUT2D eigenvalue weighted by molar-refractivity contribution is 0.583. The molecule has 0 radical (unpaired) electrons. The van der Waals surface area contributed by atoms with E-state index in [2.05, 4.69) is 9.71 Å². The van der Waals surface area contributed by atoms with Gasteiger partial charge in [0.25, 0.3) is 10.0 Å². The third kappa shape index (κ3) is 3.60. The third-order valence-electron chi connectivity index (χ3n) is 2.54. The number of hydrogen-bond acceptors (Lipinski definition) is 5. The van der Waals surface area contributed by atoms with Crippen molar-refractivity contribution in [2.45, 2.75) is 17.7 Å². The number of sulfonamides is 1. The van der Waals surface area contributed by atoms with Crippen LogP contribution in [0.4, 0.5) is 0 Å². The highest BCUT2D eigenvalue weighted by Gasteiger charge is 2.16. The van der Waals surface area contributed by atoms with Crippen molar-refractivity contribution >= 4 is 38.6 Å². The maximum Gasteiger partial charge on any atom is 0.251 e. The molecule has 1 heterocycles. The van der Waals surface area contributed by atoms with Crippen molar-refractivity contribution in [1.29, 1.82) is 0 Å². The van der Waals surface area contributed by atoms with Gasteiger partial charge in [-0.15, -0.1) is 11.3 Å². The Labute approximate surface area is 126 Å². The zero-order valence-electron chi connectivity index (χ0n) is 10.7. The molecule has 0 aliphatic heterocycles. The van der Waals surface area contributed by atoms with Crippen LogP contribution >= 0.6 is 23.6 Å². The van der Waals surface area contributed by atoms with Crippen LogP contribution in [-0.2, 0) is 16.6 Å². The molecule has 20 heavy (non-hydrogen) atoms. The number of nitrogens with zero attached hydrogens (tertiary/aromatic N) is 1. The van der Waals surface area contributed by atoms with Gasteiger partial charge in [-0.1, -0.05) is 30.4 Å². The zero-order valence-corrected chi connectivity index (χ0v) is 13.1. The second kappa shape index (κ2) is 5.96. The van der Waals surface area contributed by atoms with Gasteiger partial charge >= 0.3 is 0 Å². The molecule has 1 aromatic carbocycles. The summed E-state index contributed by atoms with van der Waals surface area (Å²) in [7, 11) is -3.53. The molecule has 5 nitrogen and oxygen atoms in total. The predicted octanol–water partition coefficient (Wildman–Crippen LogP) is 1.56. The van der Waals surface area contributed by atoms with E-state index in [1.807, 2.05) is 6.07 Å². The largest absolute Gasteiger partial charge is 0.389 e. The lowest BCUT2D eigenvalue weighted by atomic mass is 10.1. The van der Waals surface area contributed by atoms with Crippen molar-refractivity contribution in [2.75, 3.05) is 0 Å². The highest BCUT2D eigenvalue weighted by Crippen LogP contribution is 2.18. The normalized spacial score (nSPS) is 11.4. The maximum atomic E-state index is 12.0. The second-order valence-electron chi connectivity index (χ2n) is 4.09. The molecule has 0 bridgehead atoms. The average molecular weight is 327 g/mol. The number of nitrogens with two attached hydrogens (primary N) is 1. The van der Waals surface area contributed by atoms with E-state index in [9.17, 15) is 8.42 Å². The Bertz CT molecular complexity index is 738. The predicted molar refractivity (Wildman–Crippen MR) is 83.2 cm³/mol. The van der Waals surface area contributed by atoms with Crippen molar-refractivity contribution in [1.82, 2.24) is 9.71 Å². The van der Waals surface area contributed by atoms with Crippen molar-refractivity contribution in [3.8, 4) is 0 Å². The van der Waals surface area contributed by atoms with Gasteiger partial charge in [-0.3, -0.25) is 0 Å². The highest BCUT2D eigenvalue weighted by atomic mass is 32.2. The zero-order chi connectivity index (χ0) is 14.8. The number of aromatic nitrogens is 1. The number of hydrogen-bond donors (Lipinski definition) is 2. The highest BCUT2D eigenvalue weighted by molar-refractivity contribution is 7.91. The number of nitrogens with one attached hydrogen (secondary N) is 1. The van der Waals surface area contributed by atoms with Gasteiger partial charge in [0, 0.05) is 12.1 Å². The van der Waals surface area contributed by atoms with E-state index >= 15 is 0 Å². The Kier molecular flexibility index (Phi) is 4.48. The third-order valence-corrected chi connectivity index (χ3v) is 5.55. The smallest absolute Gasteiger partial charge is 0.251 e. The SMILES string of the molecule is Cc1ncc(S(=O)(=O)NCc2cccc(C(N)=S)c2)s1. The van der Waals surface area contributed by atoms with E-state index in [4.69, 9.17) is 18.0 Å². The summed E-state index contributed by atoms with van der Waals surface area (Å²) in [5, 5.41) is 0.709. The van der Waals surface area contributed by atoms with Crippen LogP contribution in [0.25, 0.3) is 0 Å². The first kappa shape index (κ1) is 15.0. The van der Waals surface area contributed by atoms with Crippen molar-refractivity contribution in [3.63, 3.8) is 0 Å². The van der Waals surface area contributed by atoms with Crippen molar-refractivity contribution in [3.05, 3.63) is 46.6 Å². The number of thiocarbonyl (C=S) groups is 1. The average Bonchev–Trinajstić information content (AvgIpc) is 2.84. The van der Waals surface area contributed by atoms with Crippen LogP contribution in [-0.4, -0.2) is 18.4 Å². The molecule has 0 fully saturated rings. The maximum absolute atomic E-state index is 12.0.